The Morgan fingerprint density at radius 2 is 1.60 bits per heavy atom. The second kappa shape index (κ2) is 8.50. The molecule has 5 nitrogen and oxygen atoms in total. The molecule has 0 N–H and O–H groups in total. The number of aryl methyl sites for hydroxylation is 1. The van der Waals surface area contributed by atoms with E-state index in [1.165, 1.54) is 5.56 Å². The van der Waals surface area contributed by atoms with Crippen LogP contribution in [0.25, 0.3) is 11.1 Å². The summed E-state index contributed by atoms with van der Waals surface area (Å²) in [6.45, 7) is 9.12. The molecular formula is C34H40FN3O2. The number of rotatable bonds is 6. The fraction of sp³-hybridized carbons (Fsp3) is 0.559. The number of nitrogens with zero attached hydrogens (tertiary/aromatic N) is 3. The first-order valence-electron chi connectivity index (χ1n) is 15.0. The highest BCUT2D eigenvalue weighted by molar-refractivity contribution is 6.00. The van der Waals surface area contributed by atoms with Crippen LogP contribution in [0.2, 0.25) is 0 Å². The van der Waals surface area contributed by atoms with Gasteiger partial charge in [-0.15, -0.1) is 0 Å². The average Bonchev–Trinajstić information content (AvgIpc) is 3.43. The molecule has 0 spiro atoms. The number of fused-ring (bicyclic) bond motifs is 3. The molecule has 4 bridgehead atoms. The molecule has 210 valence electrons. The number of aromatic nitrogens is 2. The summed E-state index contributed by atoms with van der Waals surface area (Å²) >= 11 is 0. The van der Waals surface area contributed by atoms with Crippen molar-refractivity contribution < 1.29 is 13.7 Å². The molecule has 3 aromatic rings. The zero-order valence-corrected chi connectivity index (χ0v) is 24.2. The van der Waals surface area contributed by atoms with Gasteiger partial charge in [-0.25, -0.2) is 4.39 Å². The Balaban J connectivity index is 1.16. The van der Waals surface area contributed by atoms with Crippen LogP contribution >= 0.6 is 0 Å². The van der Waals surface area contributed by atoms with Gasteiger partial charge in [-0.2, -0.15) is 4.98 Å². The van der Waals surface area contributed by atoms with E-state index in [2.05, 4.69) is 81.4 Å². The number of benzene rings is 2. The second-order valence-electron chi connectivity index (χ2n) is 14.7. The Morgan fingerprint density at radius 1 is 0.950 bits per heavy atom. The average molecular weight is 542 g/mol. The van der Waals surface area contributed by atoms with E-state index in [1.54, 1.807) is 0 Å². The van der Waals surface area contributed by atoms with Crippen molar-refractivity contribution in [3.05, 3.63) is 65.8 Å². The normalized spacial score (nSPS) is 32.3. The lowest BCUT2D eigenvalue weighted by Crippen LogP contribution is -2.71. The van der Waals surface area contributed by atoms with Crippen LogP contribution in [0.1, 0.15) is 95.8 Å². The van der Waals surface area contributed by atoms with E-state index in [1.807, 2.05) is 4.90 Å². The van der Waals surface area contributed by atoms with Gasteiger partial charge in [0.1, 0.15) is 5.67 Å². The summed E-state index contributed by atoms with van der Waals surface area (Å²) in [6, 6.07) is 16.9. The molecule has 0 atom stereocenters. The summed E-state index contributed by atoms with van der Waals surface area (Å²) in [5.41, 5.74) is 2.66. The Bertz CT molecular complexity index is 1420. The molecule has 2 aromatic carbocycles. The van der Waals surface area contributed by atoms with Crippen LogP contribution in [0.3, 0.4) is 0 Å². The van der Waals surface area contributed by atoms with E-state index >= 15 is 0 Å². The number of hydrogen-bond donors (Lipinski definition) is 0. The molecule has 0 radical (unpaired) electrons. The Hall–Kier alpha value is -3.02. The van der Waals surface area contributed by atoms with Gasteiger partial charge in [0.25, 0.3) is 0 Å². The molecule has 6 saturated carbocycles. The summed E-state index contributed by atoms with van der Waals surface area (Å²) in [5, 5.41) is 4.32. The highest BCUT2D eigenvalue weighted by Crippen LogP contribution is 2.70. The van der Waals surface area contributed by atoms with Crippen molar-refractivity contribution in [2.75, 3.05) is 11.4 Å². The predicted octanol–water partition coefficient (Wildman–Crippen LogP) is 7.86. The van der Waals surface area contributed by atoms with Crippen LogP contribution in [0, 0.1) is 17.8 Å². The number of carbonyl (C=O) groups excluding carboxylic acids is 1. The standard InChI is InChI=1S/C34H40FN3O2/c1-23-8-10-24(11-9-23)25-6-5-7-26(18-25)38(29(39)33-19-34(35,20-33)21-33)22-31-12-15-32(16-13-31,17-14-31)28-36-27(37-40-28)30(2,3)4/h5-11,18H,12-17,19-22H2,1-4H3. The molecule has 6 aliphatic rings. The highest BCUT2D eigenvalue weighted by Gasteiger charge is 2.73. The summed E-state index contributed by atoms with van der Waals surface area (Å²) in [5.74, 6) is 1.69. The molecule has 0 unspecified atom stereocenters. The minimum Gasteiger partial charge on any atom is -0.339 e. The lowest BCUT2D eigenvalue weighted by Gasteiger charge is -2.65. The second-order valence-corrected chi connectivity index (χ2v) is 14.7. The molecule has 0 aliphatic heterocycles. The topological polar surface area (TPSA) is 59.2 Å². The van der Waals surface area contributed by atoms with Crippen molar-refractivity contribution in [2.24, 2.45) is 10.8 Å². The smallest absolute Gasteiger partial charge is 0.233 e. The van der Waals surface area contributed by atoms with Gasteiger partial charge in [0.05, 0.1) is 5.41 Å². The summed E-state index contributed by atoms with van der Waals surface area (Å²) in [6.07, 6.45) is 7.25. The van der Waals surface area contributed by atoms with Gasteiger partial charge in [-0.05, 0) is 93.4 Å². The molecule has 1 amide bonds. The van der Waals surface area contributed by atoms with Gasteiger partial charge in [0.15, 0.2) is 5.82 Å². The molecular weight excluding hydrogens is 501 g/mol. The Morgan fingerprint density at radius 3 is 2.17 bits per heavy atom. The van der Waals surface area contributed by atoms with Crippen molar-refractivity contribution >= 4 is 11.6 Å². The third-order valence-electron chi connectivity index (χ3n) is 10.7. The zero-order valence-electron chi connectivity index (χ0n) is 24.2. The monoisotopic (exact) mass is 541 g/mol. The number of halogens is 1. The molecule has 1 aromatic heterocycles. The first-order valence-corrected chi connectivity index (χ1v) is 15.0. The largest absolute Gasteiger partial charge is 0.339 e. The van der Waals surface area contributed by atoms with Crippen LogP contribution < -0.4 is 4.90 Å². The van der Waals surface area contributed by atoms with Gasteiger partial charge >= 0.3 is 0 Å². The third kappa shape index (κ3) is 4.04. The van der Waals surface area contributed by atoms with E-state index in [0.717, 1.165) is 67.1 Å². The first-order chi connectivity index (χ1) is 18.9. The van der Waals surface area contributed by atoms with Gasteiger partial charge < -0.3 is 9.42 Å². The number of hydrogen-bond acceptors (Lipinski definition) is 4. The van der Waals surface area contributed by atoms with Crippen molar-refractivity contribution in [1.29, 1.82) is 0 Å². The fourth-order valence-corrected chi connectivity index (χ4v) is 7.96. The Labute approximate surface area is 236 Å². The molecule has 40 heavy (non-hydrogen) atoms. The third-order valence-corrected chi connectivity index (χ3v) is 10.7. The maximum absolute atomic E-state index is 14.6. The predicted molar refractivity (Wildman–Crippen MR) is 154 cm³/mol. The molecule has 6 heteroatoms. The fourth-order valence-electron chi connectivity index (χ4n) is 7.96. The van der Waals surface area contributed by atoms with Crippen molar-refractivity contribution in [3.63, 3.8) is 0 Å². The quantitative estimate of drug-likeness (QED) is 0.319. The molecule has 9 rings (SSSR count). The molecule has 1 heterocycles. The van der Waals surface area contributed by atoms with E-state index in [9.17, 15) is 9.18 Å². The van der Waals surface area contributed by atoms with Crippen molar-refractivity contribution in [2.45, 2.75) is 102 Å². The lowest BCUT2D eigenvalue weighted by molar-refractivity contribution is -0.211. The van der Waals surface area contributed by atoms with Gasteiger partial charge in [0, 0.05) is 23.1 Å². The first kappa shape index (κ1) is 25.9. The van der Waals surface area contributed by atoms with Crippen LogP contribution in [0.4, 0.5) is 10.1 Å². The van der Waals surface area contributed by atoms with Gasteiger partial charge in [-0.3, -0.25) is 4.79 Å². The van der Waals surface area contributed by atoms with Gasteiger partial charge in [-0.1, -0.05) is 67.9 Å². The molecule has 6 fully saturated rings. The van der Waals surface area contributed by atoms with Crippen molar-refractivity contribution in [1.82, 2.24) is 10.1 Å². The van der Waals surface area contributed by atoms with E-state index in [-0.39, 0.29) is 22.2 Å². The van der Waals surface area contributed by atoms with Crippen LogP contribution in [-0.4, -0.2) is 28.3 Å². The number of carbonyl (C=O) groups is 1. The minimum absolute atomic E-state index is 0.0487. The van der Waals surface area contributed by atoms with E-state index < -0.39 is 11.1 Å². The van der Waals surface area contributed by atoms with Crippen LogP contribution in [0.15, 0.2) is 53.1 Å². The minimum atomic E-state index is -1.10. The summed E-state index contributed by atoms with van der Waals surface area (Å²) in [4.78, 5) is 21.1. The van der Waals surface area contributed by atoms with E-state index in [0.29, 0.717) is 25.8 Å². The number of amides is 1. The van der Waals surface area contributed by atoms with E-state index in [4.69, 9.17) is 9.51 Å². The summed E-state index contributed by atoms with van der Waals surface area (Å²) in [7, 11) is 0. The maximum atomic E-state index is 14.6. The molecule has 0 saturated heterocycles. The van der Waals surface area contributed by atoms with Crippen LogP contribution in [0.5, 0.6) is 0 Å². The number of anilines is 1. The number of alkyl halides is 1. The molecule has 6 aliphatic carbocycles. The highest BCUT2D eigenvalue weighted by atomic mass is 19.1. The van der Waals surface area contributed by atoms with Crippen molar-refractivity contribution in [3.8, 4) is 11.1 Å². The SMILES string of the molecule is Cc1ccc(-c2cccc(N(CC34CCC(c5nc(C(C)(C)C)no5)(CC3)CC4)C(=O)C34CC(F)(C3)C4)c2)cc1. The zero-order chi connectivity index (χ0) is 28.0. The van der Waals surface area contributed by atoms with Gasteiger partial charge in [0.2, 0.25) is 11.8 Å². The lowest BCUT2D eigenvalue weighted by atomic mass is 9.41. The van der Waals surface area contributed by atoms with Crippen LogP contribution in [-0.2, 0) is 15.6 Å². The Kier molecular flexibility index (Phi) is 5.51. The summed E-state index contributed by atoms with van der Waals surface area (Å²) < 4.78 is 20.4. The maximum Gasteiger partial charge on any atom is 0.233 e.